The minimum absolute atomic E-state index is 0.113. The van der Waals surface area contributed by atoms with Crippen LogP contribution in [0.1, 0.15) is 10.4 Å². The Bertz CT molecular complexity index is 610. The van der Waals surface area contributed by atoms with E-state index < -0.39 is 28.8 Å². The lowest BCUT2D eigenvalue weighted by Crippen LogP contribution is -2.17. The van der Waals surface area contributed by atoms with E-state index in [-0.39, 0.29) is 5.95 Å². The van der Waals surface area contributed by atoms with Crippen molar-refractivity contribution < 1.29 is 13.6 Å². The summed E-state index contributed by atoms with van der Waals surface area (Å²) in [5.41, 5.74) is 4.31. The number of amides is 1. The first-order valence-corrected chi connectivity index (χ1v) is 4.89. The van der Waals surface area contributed by atoms with Crippen LogP contribution in [0.15, 0.2) is 18.5 Å². The van der Waals surface area contributed by atoms with Gasteiger partial charge in [0.15, 0.2) is 5.82 Å². The van der Waals surface area contributed by atoms with Gasteiger partial charge >= 0.3 is 0 Å². The summed E-state index contributed by atoms with van der Waals surface area (Å²) >= 11 is 0. The number of aromatic nitrogens is 3. The van der Waals surface area contributed by atoms with Crippen LogP contribution in [-0.4, -0.2) is 20.7 Å². The maximum atomic E-state index is 13.6. The summed E-state index contributed by atoms with van der Waals surface area (Å²) < 4.78 is 27.9. The van der Waals surface area contributed by atoms with Crippen molar-refractivity contribution in [2.24, 2.45) is 7.05 Å². The van der Waals surface area contributed by atoms with Gasteiger partial charge in [-0.05, 0) is 12.1 Å². The van der Waals surface area contributed by atoms with E-state index in [1.165, 1.54) is 11.0 Å². The van der Waals surface area contributed by atoms with Gasteiger partial charge in [-0.3, -0.25) is 10.1 Å². The summed E-state index contributed by atoms with van der Waals surface area (Å²) in [4.78, 5) is 15.5. The molecule has 6 nitrogen and oxygen atoms in total. The number of anilines is 2. The Hall–Kier alpha value is -2.51. The Morgan fingerprint density at radius 1 is 1.44 bits per heavy atom. The fourth-order valence-corrected chi connectivity index (χ4v) is 1.35. The molecule has 1 aromatic carbocycles. The molecule has 1 aromatic heterocycles. The molecule has 3 N–H and O–H groups in total. The van der Waals surface area contributed by atoms with Gasteiger partial charge < -0.3 is 5.73 Å². The number of hydrogen-bond donors (Lipinski definition) is 2. The van der Waals surface area contributed by atoms with Crippen molar-refractivity contribution >= 4 is 17.5 Å². The number of nitrogens with zero attached hydrogens (tertiary/aromatic N) is 3. The van der Waals surface area contributed by atoms with Crippen LogP contribution in [0.3, 0.4) is 0 Å². The van der Waals surface area contributed by atoms with Crippen molar-refractivity contribution in [2.45, 2.75) is 0 Å². The highest BCUT2D eigenvalue weighted by Crippen LogP contribution is 2.18. The average Bonchev–Trinajstić information content (AvgIpc) is 2.69. The largest absolute Gasteiger partial charge is 0.396 e. The zero-order valence-corrected chi connectivity index (χ0v) is 9.32. The van der Waals surface area contributed by atoms with Gasteiger partial charge in [0.05, 0.1) is 11.3 Å². The van der Waals surface area contributed by atoms with Gasteiger partial charge in [0.2, 0.25) is 5.95 Å². The molecule has 1 amide bonds. The highest BCUT2D eigenvalue weighted by atomic mass is 19.1. The van der Waals surface area contributed by atoms with Crippen molar-refractivity contribution in [1.29, 1.82) is 0 Å². The summed E-state index contributed by atoms with van der Waals surface area (Å²) in [6.07, 6.45) is 1.21. The maximum Gasteiger partial charge on any atom is 0.261 e. The molecule has 0 spiro atoms. The van der Waals surface area contributed by atoms with Crippen molar-refractivity contribution in [3.8, 4) is 0 Å². The quantitative estimate of drug-likeness (QED) is 0.779. The summed E-state index contributed by atoms with van der Waals surface area (Å²) in [7, 11) is 1.54. The number of hydrogen-bond acceptors (Lipinski definition) is 4. The first-order chi connectivity index (χ1) is 8.49. The third-order valence-electron chi connectivity index (χ3n) is 2.25. The second-order valence-corrected chi connectivity index (χ2v) is 3.52. The van der Waals surface area contributed by atoms with E-state index in [0.717, 1.165) is 12.1 Å². The van der Waals surface area contributed by atoms with E-state index in [0.29, 0.717) is 0 Å². The number of nitrogens with two attached hydrogens (primary N) is 1. The molecule has 1 heterocycles. The summed E-state index contributed by atoms with van der Waals surface area (Å²) in [5, 5.41) is 6.01. The number of nitrogens with one attached hydrogen (secondary N) is 1. The molecule has 0 aliphatic carbocycles. The van der Waals surface area contributed by atoms with Gasteiger partial charge in [0, 0.05) is 7.05 Å². The molecule has 0 saturated heterocycles. The van der Waals surface area contributed by atoms with E-state index in [4.69, 9.17) is 5.73 Å². The van der Waals surface area contributed by atoms with Crippen LogP contribution < -0.4 is 11.1 Å². The lowest BCUT2D eigenvalue weighted by atomic mass is 10.1. The SMILES string of the molecule is Cn1ncnc1NC(=O)c1cc(F)cc(N)c1F. The maximum absolute atomic E-state index is 13.6. The number of halogens is 2. The molecule has 0 atom stereocenters. The second-order valence-electron chi connectivity index (χ2n) is 3.52. The molecule has 18 heavy (non-hydrogen) atoms. The van der Waals surface area contributed by atoms with Crippen LogP contribution in [0.2, 0.25) is 0 Å². The Labute approximate surface area is 100 Å². The van der Waals surface area contributed by atoms with Gasteiger partial charge in [0.25, 0.3) is 5.91 Å². The lowest BCUT2D eigenvalue weighted by molar-refractivity contribution is 0.102. The molecular weight excluding hydrogens is 244 g/mol. The van der Waals surface area contributed by atoms with Crippen LogP contribution in [0.4, 0.5) is 20.4 Å². The van der Waals surface area contributed by atoms with Crippen LogP contribution in [0.5, 0.6) is 0 Å². The van der Waals surface area contributed by atoms with Crippen LogP contribution in [-0.2, 0) is 7.05 Å². The number of carbonyl (C=O) groups excluding carboxylic acids is 1. The number of rotatable bonds is 2. The Kier molecular flexibility index (Phi) is 2.92. The predicted molar refractivity (Wildman–Crippen MR) is 59.7 cm³/mol. The summed E-state index contributed by atoms with van der Waals surface area (Å²) in [5.74, 6) is -2.51. The minimum Gasteiger partial charge on any atom is -0.396 e. The molecule has 0 unspecified atom stereocenters. The van der Waals surface area contributed by atoms with Gasteiger partial charge in [-0.25, -0.2) is 13.5 Å². The molecule has 0 saturated carbocycles. The highest BCUT2D eigenvalue weighted by Gasteiger charge is 2.17. The zero-order chi connectivity index (χ0) is 13.3. The zero-order valence-electron chi connectivity index (χ0n) is 9.32. The number of aryl methyl sites for hydroxylation is 1. The molecule has 0 aliphatic heterocycles. The third-order valence-corrected chi connectivity index (χ3v) is 2.25. The van der Waals surface area contributed by atoms with Crippen LogP contribution in [0.25, 0.3) is 0 Å². The molecule has 0 fully saturated rings. The fourth-order valence-electron chi connectivity index (χ4n) is 1.35. The Morgan fingerprint density at radius 2 is 2.17 bits per heavy atom. The molecule has 2 aromatic rings. The van der Waals surface area contributed by atoms with Gasteiger partial charge in [-0.2, -0.15) is 10.1 Å². The molecule has 8 heteroatoms. The first kappa shape index (κ1) is 12.0. The predicted octanol–water partition coefficient (Wildman–Crippen LogP) is 0.928. The third kappa shape index (κ3) is 2.12. The van der Waals surface area contributed by atoms with Crippen molar-refractivity contribution in [2.75, 3.05) is 11.1 Å². The number of nitrogen functional groups attached to an aromatic ring is 1. The number of carbonyl (C=O) groups is 1. The normalized spacial score (nSPS) is 10.4. The minimum atomic E-state index is -0.976. The lowest BCUT2D eigenvalue weighted by Gasteiger charge is -2.06. The molecule has 0 aliphatic rings. The smallest absolute Gasteiger partial charge is 0.261 e. The topological polar surface area (TPSA) is 85.8 Å². The molecule has 2 rings (SSSR count). The van der Waals surface area contributed by atoms with Gasteiger partial charge in [0.1, 0.15) is 12.1 Å². The second kappa shape index (κ2) is 4.40. The Balaban J connectivity index is 2.32. The van der Waals surface area contributed by atoms with E-state index in [2.05, 4.69) is 15.4 Å². The highest BCUT2D eigenvalue weighted by molar-refractivity contribution is 6.04. The van der Waals surface area contributed by atoms with Gasteiger partial charge in [-0.15, -0.1) is 0 Å². The van der Waals surface area contributed by atoms with E-state index in [1.807, 2.05) is 0 Å². The van der Waals surface area contributed by atoms with E-state index in [1.54, 1.807) is 7.05 Å². The van der Waals surface area contributed by atoms with E-state index in [9.17, 15) is 13.6 Å². The van der Waals surface area contributed by atoms with Crippen molar-refractivity contribution in [3.05, 3.63) is 35.7 Å². The van der Waals surface area contributed by atoms with Gasteiger partial charge in [-0.1, -0.05) is 0 Å². The fraction of sp³-hybridized carbons (Fsp3) is 0.100. The standard InChI is InChI=1S/C10H9F2N5O/c1-17-10(14-4-15-17)16-9(18)6-2-5(11)3-7(13)8(6)12/h2-4H,13H2,1H3,(H,14,15,16,18). The van der Waals surface area contributed by atoms with E-state index >= 15 is 0 Å². The molecule has 94 valence electrons. The monoisotopic (exact) mass is 253 g/mol. The molecule has 0 bridgehead atoms. The Morgan fingerprint density at radius 3 is 2.78 bits per heavy atom. The van der Waals surface area contributed by atoms with Crippen LogP contribution >= 0.6 is 0 Å². The molecule has 0 radical (unpaired) electrons. The summed E-state index contributed by atoms with van der Waals surface area (Å²) in [6.45, 7) is 0. The average molecular weight is 253 g/mol. The first-order valence-electron chi connectivity index (χ1n) is 4.89. The van der Waals surface area contributed by atoms with Crippen LogP contribution in [0, 0.1) is 11.6 Å². The van der Waals surface area contributed by atoms with Crippen molar-refractivity contribution in [3.63, 3.8) is 0 Å². The van der Waals surface area contributed by atoms with Crippen molar-refractivity contribution in [1.82, 2.24) is 14.8 Å². The molecular formula is C10H9F2N5O. The summed E-state index contributed by atoms with van der Waals surface area (Å²) in [6, 6.07) is 1.56. The number of benzene rings is 1.